The normalized spacial score (nSPS) is 19.9. The Bertz CT molecular complexity index is 368. The average molecular weight is 230 g/mol. The molecular formula is C15H22N2. The standard InChI is InChI=1S/C15H22N2/c1-11-3-2-4-14(17-11)9-16-10-15(12-5-6-12)13-7-8-13/h2-4,12-13,15-16H,5-10H2,1H3. The van der Waals surface area contributed by atoms with Gasteiger partial charge in [0.2, 0.25) is 0 Å². The van der Waals surface area contributed by atoms with Crippen LogP contribution in [0.2, 0.25) is 0 Å². The third-order valence-electron chi connectivity index (χ3n) is 4.09. The molecule has 2 nitrogen and oxygen atoms in total. The van der Waals surface area contributed by atoms with Crippen molar-refractivity contribution < 1.29 is 0 Å². The molecule has 1 aromatic rings. The molecule has 0 unspecified atom stereocenters. The zero-order valence-electron chi connectivity index (χ0n) is 10.7. The molecule has 0 saturated heterocycles. The number of aryl methyl sites for hydroxylation is 1. The fourth-order valence-electron chi connectivity index (χ4n) is 2.83. The molecule has 0 bridgehead atoms. The zero-order chi connectivity index (χ0) is 11.7. The van der Waals surface area contributed by atoms with Gasteiger partial charge in [-0.25, -0.2) is 0 Å². The number of aromatic nitrogens is 1. The Hall–Kier alpha value is -0.890. The van der Waals surface area contributed by atoms with Gasteiger partial charge in [0.25, 0.3) is 0 Å². The molecule has 3 rings (SSSR count). The second-order valence-corrected chi connectivity index (χ2v) is 5.74. The molecule has 0 amide bonds. The van der Waals surface area contributed by atoms with Crippen molar-refractivity contribution in [1.29, 1.82) is 0 Å². The van der Waals surface area contributed by atoms with Crippen LogP contribution >= 0.6 is 0 Å². The molecule has 0 atom stereocenters. The van der Waals surface area contributed by atoms with E-state index in [1.54, 1.807) is 0 Å². The van der Waals surface area contributed by atoms with Crippen molar-refractivity contribution in [2.24, 2.45) is 17.8 Å². The van der Waals surface area contributed by atoms with E-state index in [0.717, 1.165) is 30.0 Å². The topological polar surface area (TPSA) is 24.9 Å². The molecule has 1 aromatic heterocycles. The highest BCUT2D eigenvalue weighted by molar-refractivity contribution is 5.09. The molecule has 0 spiro atoms. The van der Waals surface area contributed by atoms with Crippen LogP contribution in [0.25, 0.3) is 0 Å². The molecule has 2 saturated carbocycles. The van der Waals surface area contributed by atoms with Gasteiger partial charge < -0.3 is 5.32 Å². The van der Waals surface area contributed by atoms with Crippen LogP contribution in [0.4, 0.5) is 0 Å². The lowest BCUT2D eigenvalue weighted by Crippen LogP contribution is -2.25. The average Bonchev–Trinajstić information content (AvgIpc) is 3.15. The molecule has 92 valence electrons. The highest BCUT2D eigenvalue weighted by Crippen LogP contribution is 2.48. The summed E-state index contributed by atoms with van der Waals surface area (Å²) >= 11 is 0. The molecule has 2 fully saturated rings. The van der Waals surface area contributed by atoms with E-state index < -0.39 is 0 Å². The molecule has 0 radical (unpaired) electrons. The highest BCUT2D eigenvalue weighted by atomic mass is 14.9. The minimum atomic E-state index is 0.928. The molecule has 0 aliphatic heterocycles. The number of hydrogen-bond acceptors (Lipinski definition) is 2. The van der Waals surface area contributed by atoms with Crippen molar-refractivity contribution in [3.63, 3.8) is 0 Å². The lowest BCUT2D eigenvalue weighted by molar-refractivity contribution is 0.377. The number of nitrogens with one attached hydrogen (secondary N) is 1. The monoisotopic (exact) mass is 230 g/mol. The lowest BCUT2D eigenvalue weighted by atomic mass is 9.98. The molecule has 17 heavy (non-hydrogen) atoms. The smallest absolute Gasteiger partial charge is 0.0544 e. The Balaban J connectivity index is 1.47. The Morgan fingerprint density at radius 1 is 1.24 bits per heavy atom. The number of nitrogens with zero attached hydrogens (tertiary/aromatic N) is 1. The van der Waals surface area contributed by atoms with Crippen LogP contribution in [0.15, 0.2) is 18.2 Å². The van der Waals surface area contributed by atoms with Crippen LogP contribution in [-0.4, -0.2) is 11.5 Å². The third-order valence-corrected chi connectivity index (χ3v) is 4.09. The summed E-state index contributed by atoms with van der Waals surface area (Å²) in [6.07, 6.45) is 5.91. The number of pyridine rings is 1. The summed E-state index contributed by atoms with van der Waals surface area (Å²) in [5, 5.41) is 3.61. The van der Waals surface area contributed by atoms with Gasteiger partial charge in [-0.15, -0.1) is 0 Å². The molecule has 1 N–H and O–H groups in total. The third kappa shape index (κ3) is 3.06. The minimum Gasteiger partial charge on any atom is -0.311 e. The Morgan fingerprint density at radius 3 is 2.53 bits per heavy atom. The van der Waals surface area contributed by atoms with Gasteiger partial charge in [0, 0.05) is 12.2 Å². The second-order valence-electron chi connectivity index (χ2n) is 5.74. The van der Waals surface area contributed by atoms with E-state index >= 15 is 0 Å². The van der Waals surface area contributed by atoms with Crippen LogP contribution in [0.3, 0.4) is 0 Å². The van der Waals surface area contributed by atoms with E-state index in [1.807, 2.05) is 0 Å². The Kier molecular flexibility index (Phi) is 3.15. The predicted octanol–water partition coefficient (Wildman–Crippen LogP) is 2.92. The number of hydrogen-bond donors (Lipinski definition) is 1. The van der Waals surface area contributed by atoms with E-state index in [4.69, 9.17) is 0 Å². The summed E-state index contributed by atoms with van der Waals surface area (Å²) < 4.78 is 0. The van der Waals surface area contributed by atoms with Crippen LogP contribution in [0.5, 0.6) is 0 Å². The largest absolute Gasteiger partial charge is 0.311 e. The summed E-state index contributed by atoms with van der Waals surface area (Å²) in [5.41, 5.74) is 2.29. The van der Waals surface area contributed by atoms with Gasteiger partial charge in [-0.1, -0.05) is 6.07 Å². The van der Waals surface area contributed by atoms with E-state index in [9.17, 15) is 0 Å². The molecule has 0 aromatic carbocycles. The molecule has 2 aliphatic carbocycles. The van der Waals surface area contributed by atoms with Crippen molar-refractivity contribution in [1.82, 2.24) is 10.3 Å². The fourth-order valence-corrected chi connectivity index (χ4v) is 2.83. The number of rotatable bonds is 6. The van der Waals surface area contributed by atoms with Crippen LogP contribution in [0, 0.1) is 24.7 Å². The summed E-state index contributed by atoms with van der Waals surface area (Å²) in [7, 11) is 0. The van der Waals surface area contributed by atoms with E-state index in [1.165, 1.54) is 37.9 Å². The first-order chi connectivity index (χ1) is 8.33. The molecule has 1 heterocycles. The first-order valence-corrected chi connectivity index (χ1v) is 6.96. The van der Waals surface area contributed by atoms with Crippen molar-refractivity contribution in [2.75, 3.05) is 6.54 Å². The highest BCUT2D eigenvalue weighted by Gasteiger charge is 2.40. The van der Waals surface area contributed by atoms with Crippen molar-refractivity contribution in [3.05, 3.63) is 29.6 Å². The van der Waals surface area contributed by atoms with E-state index in [-0.39, 0.29) is 0 Å². The Morgan fingerprint density at radius 2 is 1.94 bits per heavy atom. The summed E-state index contributed by atoms with van der Waals surface area (Å²) in [6.45, 7) is 4.18. The van der Waals surface area contributed by atoms with Gasteiger partial charge in [-0.05, 0) is 69.0 Å². The van der Waals surface area contributed by atoms with Crippen molar-refractivity contribution in [3.8, 4) is 0 Å². The minimum absolute atomic E-state index is 0.928. The predicted molar refractivity (Wildman–Crippen MR) is 69.6 cm³/mol. The fraction of sp³-hybridized carbons (Fsp3) is 0.667. The first-order valence-electron chi connectivity index (χ1n) is 6.96. The van der Waals surface area contributed by atoms with Gasteiger partial charge in [-0.3, -0.25) is 4.98 Å². The second kappa shape index (κ2) is 4.77. The van der Waals surface area contributed by atoms with Crippen LogP contribution in [0.1, 0.15) is 37.1 Å². The van der Waals surface area contributed by atoms with E-state index in [0.29, 0.717) is 0 Å². The maximum absolute atomic E-state index is 4.53. The van der Waals surface area contributed by atoms with Crippen molar-refractivity contribution in [2.45, 2.75) is 39.2 Å². The summed E-state index contributed by atoms with van der Waals surface area (Å²) in [4.78, 5) is 4.53. The van der Waals surface area contributed by atoms with Gasteiger partial charge in [-0.2, -0.15) is 0 Å². The van der Waals surface area contributed by atoms with Gasteiger partial charge in [0.15, 0.2) is 0 Å². The quantitative estimate of drug-likeness (QED) is 0.812. The maximum atomic E-state index is 4.53. The molecular weight excluding hydrogens is 208 g/mol. The van der Waals surface area contributed by atoms with Crippen molar-refractivity contribution >= 4 is 0 Å². The summed E-state index contributed by atoms with van der Waals surface area (Å²) in [5.74, 6) is 3.04. The van der Waals surface area contributed by atoms with Crippen LogP contribution in [-0.2, 0) is 6.54 Å². The van der Waals surface area contributed by atoms with Gasteiger partial charge in [0.05, 0.1) is 5.69 Å². The molecule has 2 heteroatoms. The Labute approximate surface area is 104 Å². The van der Waals surface area contributed by atoms with Crippen LogP contribution < -0.4 is 5.32 Å². The zero-order valence-corrected chi connectivity index (χ0v) is 10.7. The van der Waals surface area contributed by atoms with Gasteiger partial charge >= 0.3 is 0 Å². The SMILES string of the molecule is Cc1cccc(CNCC(C2CC2)C2CC2)n1. The first kappa shape index (κ1) is 11.2. The van der Waals surface area contributed by atoms with E-state index in [2.05, 4.69) is 35.4 Å². The van der Waals surface area contributed by atoms with Gasteiger partial charge in [0.1, 0.15) is 0 Å². The maximum Gasteiger partial charge on any atom is 0.0544 e. The summed E-state index contributed by atoms with van der Waals surface area (Å²) in [6, 6.07) is 6.27. The lowest BCUT2D eigenvalue weighted by Gasteiger charge is -2.16. The molecule has 2 aliphatic rings.